The molecule has 0 bridgehead atoms. The first-order valence-electron chi connectivity index (χ1n) is 3.19. The van der Waals surface area contributed by atoms with E-state index >= 15 is 0 Å². The SMILES string of the molecule is C[B]c1cccc(C)c1.[Y].[Y]. The molecule has 0 saturated carbocycles. The van der Waals surface area contributed by atoms with Gasteiger partial charge in [-0.1, -0.05) is 42.1 Å². The van der Waals surface area contributed by atoms with E-state index in [1.807, 2.05) is 0 Å². The summed E-state index contributed by atoms with van der Waals surface area (Å²) in [7, 11) is 2.10. The van der Waals surface area contributed by atoms with E-state index in [2.05, 4.69) is 45.3 Å². The van der Waals surface area contributed by atoms with E-state index < -0.39 is 0 Å². The van der Waals surface area contributed by atoms with Crippen molar-refractivity contribution in [3.05, 3.63) is 29.8 Å². The van der Waals surface area contributed by atoms with Crippen molar-refractivity contribution in [1.29, 1.82) is 0 Å². The summed E-state index contributed by atoms with van der Waals surface area (Å²) >= 11 is 0. The molecule has 0 heterocycles. The fourth-order valence-corrected chi connectivity index (χ4v) is 0.850. The molecular weight excluding hydrogens is 285 g/mol. The molecule has 0 aliphatic rings. The molecule has 0 saturated heterocycles. The quantitative estimate of drug-likeness (QED) is 0.686. The Bertz CT molecular complexity index is 201. The summed E-state index contributed by atoms with van der Waals surface area (Å²) in [5, 5.41) is 0. The second kappa shape index (κ2) is 8.11. The second-order valence-electron chi connectivity index (χ2n) is 2.20. The van der Waals surface area contributed by atoms with Crippen LogP contribution in [0.5, 0.6) is 0 Å². The molecule has 0 nitrogen and oxygen atoms in total. The summed E-state index contributed by atoms with van der Waals surface area (Å²) in [6.45, 7) is 4.15. The molecule has 3 heteroatoms. The normalized spacial score (nSPS) is 7.45. The number of benzene rings is 1. The van der Waals surface area contributed by atoms with Gasteiger partial charge in [0.15, 0.2) is 0 Å². The van der Waals surface area contributed by atoms with Crippen LogP contribution in [-0.4, -0.2) is 7.28 Å². The van der Waals surface area contributed by atoms with Gasteiger partial charge in [0.05, 0.1) is 0 Å². The maximum atomic E-state index is 2.17. The molecule has 0 aliphatic carbocycles. The maximum absolute atomic E-state index is 2.17. The zero-order valence-corrected chi connectivity index (χ0v) is 12.7. The van der Waals surface area contributed by atoms with Crippen molar-refractivity contribution >= 4 is 12.7 Å². The summed E-state index contributed by atoms with van der Waals surface area (Å²) in [6, 6.07) is 8.45. The number of hydrogen-bond donors (Lipinski definition) is 0. The minimum Gasteiger partial charge on any atom is -0.0878 e. The van der Waals surface area contributed by atoms with Crippen molar-refractivity contribution in [3.8, 4) is 0 Å². The van der Waals surface area contributed by atoms with Crippen LogP contribution in [-0.2, 0) is 65.4 Å². The monoisotopic (exact) mass is 295 g/mol. The van der Waals surface area contributed by atoms with E-state index in [1.54, 1.807) is 0 Å². The third-order valence-electron chi connectivity index (χ3n) is 1.38. The van der Waals surface area contributed by atoms with Crippen molar-refractivity contribution in [2.45, 2.75) is 13.7 Å². The molecule has 0 atom stereocenters. The first-order chi connectivity index (χ1) is 4.33. The average molecular weight is 295 g/mol. The van der Waals surface area contributed by atoms with Gasteiger partial charge in [0.25, 0.3) is 0 Å². The first-order valence-corrected chi connectivity index (χ1v) is 3.19. The van der Waals surface area contributed by atoms with Crippen LogP contribution in [0.15, 0.2) is 24.3 Å². The molecule has 1 aromatic carbocycles. The Morgan fingerprint density at radius 2 is 1.82 bits per heavy atom. The molecular formula is C8H10BY2. The van der Waals surface area contributed by atoms with Crippen LogP contribution >= 0.6 is 0 Å². The van der Waals surface area contributed by atoms with Gasteiger partial charge in [0, 0.05) is 65.4 Å². The van der Waals surface area contributed by atoms with Crippen molar-refractivity contribution < 1.29 is 65.4 Å². The van der Waals surface area contributed by atoms with Crippen molar-refractivity contribution in [1.82, 2.24) is 0 Å². The topological polar surface area (TPSA) is 0 Å². The van der Waals surface area contributed by atoms with Gasteiger partial charge >= 0.3 is 0 Å². The standard InChI is InChI=1S/C8H10B.2Y/c1-7-4-3-5-8(6-7)9-2;;/h3-6H,1-2H3;;. The molecule has 0 spiro atoms. The molecule has 11 heavy (non-hydrogen) atoms. The fraction of sp³-hybridized carbons (Fsp3) is 0.250. The Morgan fingerprint density at radius 3 is 2.18 bits per heavy atom. The Morgan fingerprint density at radius 1 is 1.18 bits per heavy atom. The van der Waals surface area contributed by atoms with Gasteiger partial charge in [-0.05, 0) is 6.92 Å². The van der Waals surface area contributed by atoms with Gasteiger partial charge < -0.3 is 0 Å². The summed E-state index contributed by atoms with van der Waals surface area (Å²) in [4.78, 5) is 0. The first kappa shape index (κ1) is 15.0. The molecule has 1 rings (SSSR count). The summed E-state index contributed by atoms with van der Waals surface area (Å²) in [5.74, 6) is 0. The third-order valence-corrected chi connectivity index (χ3v) is 1.38. The van der Waals surface area contributed by atoms with Crippen LogP contribution < -0.4 is 5.46 Å². The molecule has 0 aromatic heterocycles. The van der Waals surface area contributed by atoms with Crippen LogP contribution in [0.4, 0.5) is 0 Å². The van der Waals surface area contributed by atoms with E-state index in [0.717, 1.165) is 0 Å². The van der Waals surface area contributed by atoms with E-state index in [-0.39, 0.29) is 65.4 Å². The van der Waals surface area contributed by atoms with Crippen molar-refractivity contribution in [2.24, 2.45) is 0 Å². The Labute approximate surface area is 120 Å². The van der Waals surface area contributed by atoms with Crippen LogP contribution in [0.2, 0.25) is 6.82 Å². The minimum atomic E-state index is 0. The second-order valence-corrected chi connectivity index (χ2v) is 2.20. The van der Waals surface area contributed by atoms with Gasteiger partial charge in [-0.3, -0.25) is 0 Å². The predicted molar refractivity (Wildman–Crippen MR) is 42.4 cm³/mol. The fourth-order valence-electron chi connectivity index (χ4n) is 0.850. The Hall–Kier alpha value is 1.49. The molecule has 0 unspecified atom stereocenters. The van der Waals surface area contributed by atoms with Gasteiger partial charge in [0.1, 0.15) is 7.28 Å². The predicted octanol–water partition coefficient (Wildman–Crippen LogP) is 1.37. The van der Waals surface area contributed by atoms with Gasteiger partial charge in [-0.2, -0.15) is 0 Å². The summed E-state index contributed by atoms with van der Waals surface area (Å²) < 4.78 is 0. The van der Waals surface area contributed by atoms with E-state index in [4.69, 9.17) is 0 Å². The van der Waals surface area contributed by atoms with Crippen LogP contribution in [0.25, 0.3) is 0 Å². The molecule has 51 valence electrons. The third kappa shape index (κ3) is 5.69. The van der Waals surface area contributed by atoms with E-state index in [9.17, 15) is 0 Å². The summed E-state index contributed by atoms with van der Waals surface area (Å²) in [5.41, 5.74) is 2.63. The van der Waals surface area contributed by atoms with Crippen LogP contribution in [0, 0.1) is 6.92 Å². The smallest absolute Gasteiger partial charge is 0.0878 e. The van der Waals surface area contributed by atoms with Gasteiger partial charge in [0.2, 0.25) is 0 Å². The number of hydrogen-bond acceptors (Lipinski definition) is 0. The average Bonchev–Trinajstić information content (AvgIpc) is 1.88. The summed E-state index contributed by atoms with van der Waals surface area (Å²) in [6.07, 6.45) is 0. The Kier molecular flexibility index (Phi) is 11.0. The number of rotatable bonds is 1. The molecule has 0 fully saturated rings. The minimum absolute atomic E-state index is 0. The number of aryl methyl sites for hydroxylation is 1. The van der Waals surface area contributed by atoms with Crippen LogP contribution in [0.3, 0.4) is 0 Å². The largest absolute Gasteiger partial charge is 0.148 e. The van der Waals surface area contributed by atoms with E-state index in [0.29, 0.717) is 0 Å². The zero-order chi connectivity index (χ0) is 6.69. The van der Waals surface area contributed by atoms with Gasteiger partial charge in [-0.15, -0.1) is 0 Å². The molecule has 1 aromatic rings. The molecule has 0 aliphatic heterocycles. The van der Waals surface area contributed by atoms with Gasteiger partial charge in [-0.25, -0.2) is 0 Å². The van der Waals surface area contributed by atoms with E-state index in [1.165, 1.54) is 11.0 Å². The maximum Gasteiger partial charge on any atom is 0.148 e. The van der Waals surface area contributed by atoms with Crippen molar-refractivity contribution in [3.63, 3.8) is 0 Å². The van der Waals surface area contributed by atoms with Crippen molar-refractivity contribution in [2.75, 3.05) is 0 Å². The zero-order valence-electron chi connectivity index (χ0n) is 7.04. The molecule has 0 N–H and O–H groups in total. The van der Waals surface area contributed by atoms with Crippen LogP contribution in [0.1, 0.15) is 5.56 Å². The molecule has 0 amide bonds. The molecule has 3 radical (unpaired) electrons. The Balaban J connectivity index is 0.